The van der Waals surface area contributed by atoms with Crippen molar-refractivity contribution in [3.63, 3.8) is 0 Å². The third kappa shape index (κ3) is 4.64. The number of anilines is 2. The number of hydrogen-bond donors (Lipinski definition) is 2. The summed E-state index contributed by atoms with van der Waals surface area (Å²) in [4.78, 5) is 58.5. The van der Waals surface area contributed by atoms with Crippen LogP contribution in [0.3, 0.4) is 0 Å². The summed E-state index contributed by atoms with van der Waals surface area (Å²) < 4.78 is 5.88. The van der Waals surface area contributed by atoms with E-state index in [4.69, 9.17) is 16.3 Å². The number of ether oxygens (including phenoxy) is 1. The second kappa shape index (κ2) is 11.4. The summed E-state index contributed by atoms with van der Waals surface area (Å²) in [6, 6.07) is 28.2. The predicted molar refractivity (Wildman–Crippen MR) is 187 cm³/mol. The number of hydrogen-bond acceptors (Lipinski definition) is 7. The van der Waals surface area contributed by atoms with Crippen molar-refractivity contribution >= 4 is 74.6 Å². The molecule has 8 nitrogen and oxygen atoms in total. The number of nitrogens with one attached hydrogen (secondary N) is 2. The number of thiazole rings is 1. The van der Waals surface area contributed by atoms with Gasteiger partial charge >= 0.3 is 4.87 Å². The Morgan fingerprint density at radius 3 is 2.42 bits per heavy atom. The van der Waals surface area contributed by atoms with Gasteiger partial charge in [-0.3, -0.25) is 24.1 Å². The van der Waals surface area contributed by atoms with Crippen LogP contribution in [0.1, 0.15) is 22.8 Å². The summed E-state index contributed by atoms with van der Waals surface area (Å²) in [6.07, 6.45) is 0.812. The average Bonchev–Trinajstić information content (AvgIpc) is 3.83. The van der Waals surface area contributed by atoms with Gasteiger partial charge < -0.3 is 15.0 Å². The fourth-order valence-corrected chi connectivity index (χ4v) is 11.7. The van der Waals surface area contributed by atoms with Gasteiger partial charge in [-0.1, -0.05) is 71.5 Å². The van der Waals surface area contributed by atoms with Crippen molar-refractivity contribution in [2.24, 2.45) is 29.6 Å². The molecule has 48 heavy (non-hydrogen) atoms. The molecule has 1 aromatic heterocycles. The monoisotopic (exact) mass is 693 g/mol. The number of H-pyrrole nitrogens is 1. The number of fused-ring (bicyclic) bond motifs is 10. The molecule has 2 bridgehead atoms. The molecule has 3 heterocycles. The van der Waals surface area contributed by atoms with Crippen LogP contribution < -0.4 is 19.8 Å². The maximum atomic E-state index is 14.0. The van der Waals surface area contributed by atoms with E-state index < -0.39 is 0 Å². The van der Waals surface area contributed by atoms with Gasteiger partial charge in [0.15, 0.2) is 6.61 Å². The second-order valence-corrected chi connectivity index (χ2v) is 15.5. The van der Waals surface area contributed by atoms with Crippen LogP contribution in [0.15, 0.2) is 101 Å². The molecule has 0 spiro atoms. The van der Waals surface area contributed by atoms with Crippen LogP contribution in [0, 0.1) is 29.6 Å². The third-order valence-corrected chi connectivity index (χ3v) is 13.3. The summed E-state index contributed by atoms with van der Waals surface area (Å²) in [6.45, 7) is -0.149. The summed E-state index contributed by atoms with van der Waals surface area (Å²) in [5, 5.41) is 6.45. The first kappa shape index (κ1) is 29.7. The van der Waals surface area contributed by atoms with Gasteiger partial charge in [0.05, 0.1) is 22.5 Å². The van der Waals surface area contributed by atoms with Crippen LogP contribution in [0.5, 0.6) is 5.75 Å². The van der Waals surface area contributed by atoms with Gasteiger partial charge in [-0.15, -0.1) is 11.8 Å². The maximum Gasteiger partial charge on any atom is 0.305 e. The number of aromatic nitrogens is 1. The largest absolute Gasteiger partial charge is 0.484 e. The number of nitrogens with zero attached hydrogens (tertiary/aromatic N) is 1. The first-order chi connectivity index (χ1) is 23.4. The molecule has 11 heteroatoms. The average molecular weight is 694 g/mol. The van der Waals surface area contributed by atoms with E-state index in [2.05, 4.69) is 10.3 Å². The van der Waals surface area contributed by atoms with Crippen molar-refractivity contribution in [3.8, 4) is 5.75 Å². The molecule has 0 unspecified atom stereocenters. The first-order valence-corrected chi connectivity index (χ1v) is 18.0. The van der Waals surface area contributed by atoms with Crippen molar-refractivity contribution in [2.45, 2.75) is 22.6 Å². The lowest BCUT2D eigenvalue weighted by Gasteiger charge is -2.43. The van der Waals surface area contributed by atoms with Gasteiger partial charge in [-0.2, -0.15) is 0 Å². The summed E-state index contributed by atoms with van der Waals surface area (Å²) >= 11 is 8.98. The first-order valence-electron chi connectivity index (χ1n) is 15.9. The molecule has 240 valence electrons. The number of carbonyl (C=O) groups excluding carboxylic acids is 3. The molecule has 1 saturated heterocycles. The molecule has 3 amide bonds. The standard InChI is InChI=1S/C37H28ClN3O5S2/c38-20-10-12-21(13-11-20)41-35(43)30-24-16-25(31(30)36(41)44)32-29(24)28(33-34(47-32)40-37(45)48-33)19-8-14-22(15-9-19)46-17-27(42)39-26-7-3-5-18-4-1-2-6-23(18)26/h1-15,24-25,28-32H,16-17H2,(H,39,42)(H,40,45)/t24-,25-,28+,29-,30+,31+,32-/m1/s1. The lowest BCUT2D eigenvalue weighted by Crippen LogP contribution is -2.42. The van der Waals surface area contributed by atoms with Gasteiger partial charge in [0, 0.05) is 32.1 Å². The maximum absolute atomic E-state index is 14.0. The molecule has 2 saturated carbocycles. The van der Waals surface area contributed by atoms with E-state index in [0.29, 0.717) is 16.5 Å². The molecule has 9 rings (SSSR count). The predicted octanol–water partition coefficient (Wildman–Crippen LogP) is 6.94. The number of carbonyl (C=O) groups is 3. The van der Waals surface area contributed by atoms with E-state index in [1.165, 1.54) is 16.2 Å². The number of thioether (sulfide) groups is 1. The zero-order valence-corrected chi connectivity index (χ0v) is 27.7. The highest BCUT2D eigenvalue weighted by Crippen LogP contribution is 2.68. The van der Waals surface area contributed by atoms with Gasteiger partial charge in [-0.25, -0.2) is 0 Å². The molecule has 2 aliphatic carbocycles. The molecule has 4 aliphatic rings. The van der Waals surface area contributed by atoms with Crippen LogP contribution in [-0.4, -0.2) is 34.6 Å². The van der Waals surface area contributed by atoms with Crippen molar-refractivity contribution in [2.75, 3.05) is 16.8 Å². The minimum atomic E-state index is -0.386. The summed E-state index contributed by atoms with van der Waals surface area (Å²) in [5.74, 6) is -0.711. The molecule has 0 radical (unpaired) electrons. The van der Waals surface area contributed by atoms with E-state index in [0.717, 1.165) is 38.3 Å². The molecule has 7 atom stereocenters. The Hall–Kier alpha value is -4.38. The van der Waals surface area contributed by atoms with Crippen LogP contribution >= 0.6 is 34.7 Å². The molecular formula is C37H28ClN3O5S2. The Morgan fingerprint density at radius 1 is 0.896 bits per heavy atom. The number of halogens is 1. The van der Waals surface area contributed by atoms with Crippen LogP contribution in [0.4, 0.5) is 11.4 Å². The topological polar surface area (TPSA) is 109 Å². The third-order valence-electron chi connectivity index (χ3n) is 10.5. The van der Waals surface area contributed by atoms with Crippen molar-refractivity contribution < 1.29 is 19.1 Å². The molecule has 2 aliphatic heterocycles. The van der Waals surface area contributed by atoms with E-state index >= 15 is 0 Å². The highest BCUT2D eigenvalue weighted by atomic mass is 35.5. The Balaban J connectivity index is 0.966. The number of imide groups is 1. The minimum absolute atomic E-state index is 0.00953. The Kier molecular flexibility index (Phi) is 7.04. The van der Waals surface area contributed by atoms with Crippen LogP contribution in [-0.2, 0) is 14.4 Å². The van der Waals surface area contributed by atoms with Crippen molar-refractivity contribution in [1.82, 2.24) is 4.98 Å². The van der Waals surface area contributed by atoms with Crippen LogP contribution in [0.25, 0.3) is 10.8 Å². The molecular weight excluding hydrogens is 666 g/mol. The molecule has 3 fully saturated rings. The number of rotatable bonds is 6. The number of benzene rings is 4. The van der Waals surface area contributed by atoms with E-state index in [9.17, 15) is 19.2 Å². The van der Waals surface area contributed by atoms with E-state index in [-0.39, 0.29) is 70.0 Å². The Morgan fingerprint density at radius 2 is 1.62 bits per heavy atom. The number of aromatic amines is 1. The quantitative estimate of drug-likeness (QED) is 0.187. The van der Waals surface area contributed by atoms with Crippen molar-refractivity contribution in [3.05, 3.63) is 116 Å². The molecule has 2 N–H and O–H groups in total. The van der Waals surface area contributed by atoms with Crippen LogP contribution in [0.2, 0.25) is 5.02 Å². The fraction of sp³-hybridized carbons (Fsp3) is 0.243. The lowest BCUT2D eigenvalue weighted by molar-refractivity contribution is -0.123. The van der Waals surface area contributed by atoms with Gasteiger partial charge in [-0.05, 0) is 77.6 Å². The fourth-order valence-electron chi connectivity index (χ4n) is 8.68. The highest BCUT2D eigenvalue weighted by molar-refractivity contribution is 8.00. The van der Waals surface area contributed by atoms with Gasteiger partial charge in [0.2, 0.25) is 11.8 Å². The summed E-state index contributed by atoms with van der Waals surface area (Å²) in [5.41, 5.74) is 2.31. The lowest BCUT2D eigenvalue weighted by atomic mass is 9.68. The van der Waals surface area contributed by atoms with Gasteiger partial charge in [0.1, 0.15) is 5.75 Å². The Labute approximate surface area is 288 Å². The highest BCUT2D eigenvalue weighted by Gasteiger charge is 2.69. The minimum Gasteiger partial charge on any atom is -0.484 e. The molecule has 5 aromatic rings. The Bertz CT molecular complexity index is 2180. The SMILES string of the molecule is O=C(COc1ccc([C@@H]2c3sc(=O)[nH]c3S[C@@H]3[C@@H]4C[C@@H]([C@@H]5C(=O)N(c6ccc(Cl)cc6)C(=O)[C@@H]45)[C@H]23)cc1)Nc1cccc2ccccc12. The van der Waals surface area contributed by atoms with E-state index in [1.54, 1.807) is 36.0 Å². The number of amides is 3. The summed E-state index contributed by atoms with van der Waals surface area (Å²) in [7, 11) is 0. The van der Waals surface area contributed by atoms with E-state index in [1.807, 2.05) is 66.7 Å². The van der Waals surface area contributed by atoms with Crippen molar-refractivity contribution in [1.29, 1.82) is 0 Å². The smallest absolute Gasteiger partial charge is 0.305 e. The second-order valence-electron chi connectivity index (χ2n) is 12.9. The zero-order valence-electron chi connectivity index (χ0n) is 25.3. The normalized spacial score (nSPS) is 26.8. The molecule has 4 aromatic carbocycles. The zero-order chi connectivity index (χ0) is 32.7. The van der Waals surface area contributed by atoms with Gasteiger partial charge in [0.25, 0.3) is 5.91 Å².